The highest BCUT2D eigenvalue weighted by molar-refractivity contribution is 6.05. The second-order valence-electron chi connectivity index (χ2n) is 6.16. The average molecular weight is 356 g/mol. The van der Waals surface area contributed by atoms with Crippen LogP contribution in [0.3, 0.4) is 0 Å². The average Bonchev–Trinajstić information content (AvgIpc) is 2.70. The number of aryl methyl sites for hydroxylation is 2. The van der Waals surface area contributed by atoms with Gasteiger partial charge >= 0.3 is 0 Å². The predicted octanol–water partition coefficient (Wildman–Crippen LogP) is 4.82. The minimum Gasteiger partial charge on any atom is -0.340 e. The first kappa shape index (κ1) is 18.2. The van der Waals surface area contributed by atoms with E-state index in [0.717, 1.165) is 28.9 Å². The van der Waals surface area contributed by atoms with Crippen LogP contribution in [0.25, 0.3) is 0 Å². The van der Waals surface area contributed by atoms with Gasteiger partial charge in [0.1, 0.15) is 5.82 Å². The lowest BCUT2D eigenvalue weighted by Gasteiger charge is -2.13. The van der Waals surface area contributed by atoms with Crippen LogP contribution < -0.4 is 10.6 Å². The van der Waals surface area contributed by atoms with Gasteiger partial charge < -0.3 is 10.6 Å². The Hall–Kier alpha value is -3.65. The highest BCUT2D eigenvalue weighted by Crippen LogP contribution is 2.22. The van der Waals surface area contributed by atoms with Gasteiger partial charge in [0.2, 0.25) is 0 Å². The number of amides is 1. The number of carbonyl (C=O) groups excluding carboxylic acids is 1. The molecule has 3 rings (SSSR count). The van der Waals surface area contributed by atoms with E-state index in [1.165, 1.54) is 0 Å². The molecule has 0 unspecified atom stereocenters. The van der Waals surface area contributed by atoms with E-state index in [1.54, 1.807) is 42.6 Å². The molecule has 5 nitrogen and oxygen atoms in total. The summed E-state index contributed by atoms with van der Waals surface area (Å²) < 4.78 is 0. The number of hydrogen-bond acceptors (Lipinski definition) is 4. The first-order valence-electron chi connectivity index (χ1n) is 8.73. The van der Waals surface area contributed by atoms with E-state index in [9.17, 15) is 4.79 Å². The summed E-state index contributed by atoms with van der Waals surface area (Å²) in [6.45, 7) is 4.05. The second kappa shape index (κ2) is 8.15. The fourth-order valence-electron chi connectivity index (χ4n) is 2.80. The Morgan fingerprint density at radius 3 is 2.63 bits per heavy atom. The number of anilines is 3. The van der Waals surface area contributed by atoms with Crippen LogP contribution in [0.15, 0.2) is 60.8 Å². The lowest BCUT2D eigenvalue weighted by molar-refractivity contribution is 0.102. The number of nitrogens with zero attached hydrogens (tertiary/aromatic N) is 2. The molecule has 1 amide bonds. The van der Waals surface area contributed by atoms with Crippen LogP contribution in [-0.4, -0.2) is 10.9 Å². The second-order valence-corrected chi connectivity index (χ2v) is 6.16. The van der Waals surface area contributed by atoms with E-state index in [-0.39, 0.29) is 5.91 Å². The molecule has 0 fully saturated rings. The lowest BCUT2D eigenvalue weighted by Crippen LogP contribution is -2.14. The van der Waals surface area contributed by atoms with Gasteiger partial charge in [0.15, 0.2) is 0 Å². The van der Waals surface area contributed by atoms with Gasteiger partial charge in [-0.05, 0) is 60.9 Å². The summed E-state index contributed by atoms with van der Waals surface area (Å²) >= 11 is 0. The Balaban J connectivity index is 1.79. The summed E-state index contributed by atoms with van der Waals surface area (Å²) in [5, 5.41) is 15.0. The van der Waals surface area contributed by atoms with Gasteiger partial charge in [0.05, 0.1) is 11.6 Å². The first-order valence-corrected chi connectivity index (χ1v) is 8.73. The Labute approximate surface area is 158 Å². The lowest BCUT2D eigenvalue weighted by atomic mass is 10.1. The van der Waals surface area contributed by atoms with E-state index in [2.05, 4.69) is 28.6 Å². The third kappa shape index (κ3) is 4.31. The molecular weight excluding hydrogens is 336 g/mol. The van der Waals surface area contributed by atoms with Gasteiger partial charge in [0, 0.05) is 23.1 Å². The molecule has 0 aliphatic heterocycles. The summed E-state index contributed by atoms with van der Waals surface area (Å²) in [4.78, 5) is 17.0. The number of nitrogens with one attached hydrogen (secondary N) is 2. The van der Waals surface area contributed by atoms with Gasteiger partial charge in [-0.25, -0.2) is 4.98 Å². The van der Waals surface area contributed by atoms with Crippen molar-refractivity contribution in [3.63, 3.8) is 0 Å². The van der Waals surface area contributed by atoms with Crippen LogP contribution in [0.4, 0.5) is 17.2 Å². The number of para-hydroxylation sites is 1. The predicted molar refractivity (Wildman–Crippen MR) is 107 cm³/mol. The third-order valence-electron chi connectivity index (χ3n) is 4.29. The van der Waals surface area contributed by atoms with Crippen LogP contribution >= 0.6 is 0 Å². The summed E-state index contributed by atoms with van der Waals surface area (Å²) in [6.07, 6.45) is 2.44. The normalized spacial score (nSPS) is 10.1. The van der Waals surface area contributed by atoms with Gasteiger partial charge in [-0.1, -0.05) is 25.1 Å². The molecule has 5 heteroatoms. The zero-order chi connectivity index (χ0) is 19.2. The minimum absolute atomic E-state index is 0.177. The number of hydrogen-bond donors (Lipinski definition) is 2. The summed E-state index contributed by atoms with van der Waals surface area (Å²) in [7, 11) is 0. The molecule has 0 bridgehead atoms. The van der Waals surface area contributed by atoms with Crippen molar-refractivity contribution in [2.24, 2.45) is 0 Å². The van der Waals surface area contributed by atoms with E-state index in [4.69, 9.17) is 5.26 Å². The van der Waals surface area contributed by atoms with Crippen LogP contribution in [0.5, 0.6) is 0 Å². The Kier molecular flexibility index (Phi) is 5.48. The van der Waals surface area contributed by atoms with Crippen LogP contribution in [0.2, 0.25) is 0 Å². The summed E-state index contributed by atoms with van der Waals surface area (Å²) in [5.74, 6) is 0.386. The molecule has 1 heterocycles. The fourth-order valence-corrected chi connectivity index (χ4v) is 2.80. The van der Waals surface area contributed by atoms with Crippen molar-refractivity contribution in [3.05, 3.63) is 83.0 Å². The van der Waals surface area contributed by atoms with Gasteiger partial charge in [-0.15, -0.1) is 0 Å². The minimum atomic E-state index is -0.177. The Bertz CT molecular complexity index is 1000. The number of pyridine rings is 1. The number of aromatic nitrogens is 1. The van der Waals surface area contributed by atoms with Gasteiger partial charge in [-0.2, -0.15) is 5.26 Å². The standard InChI is InChI=1S/C22H20N4O/c1-3-17-6-4-5-15(2)21(17)26-22(27)18-11-12-24-20(13-18)25-19-9-7-16(14-23)8-10-19/h4-13H,3H2,1-2H3,(H,24,25)(H,26,27). The van der Waals surface area contributed by atoms with Crippen molar-refractivity contribution in [2.45, 2.75) is 20.3 Å². The molecule has 0 saturated heterocycles. The Morgan fingerprint density at radius 1 is 1.15 bits per heavy atom. The zero-order valence-corrected chi connectivity index (χ0v) is 15.3. The first-order chi connectivity index (χ1) is 13.1. The number of nitriles is 1. The molecule has 1 aromatic heterocycles. The van der Waals surface area contributed by atoms with E-state index in [1.807, 2.05) is 25.1 Å². The molecule has 2 N–H and O–H groups in total. The van der Waals surface area contributed by atoms with E-state index >= 15 is 0 Å². The quantitative estimate of drug-likeness (QED) is 0.687. The SMILES string of the molecule is CCc1cccc(C)c1NC(=O)c1ccnc(Nc2ccc(C#N)cc2)c1. The van der Waals surface area contributed by atoms with Crippen molar-refractivity contribution in [1.82, 2.24) is 4.98 Å². The molecule has 0 saturated carbocycles. The van der Waals surface area contributed by atoms with E-state index in [0.29, 0.717) is 16.9 Å². The molecule has 0 aliphatic rings. The van der Waals surface area contributed by atoms with Crippen LogP contribution in [0, 0.1) is 18.3 Å². The summed E-state index contributed by atoms with van der Waals surface area (Å²) in [5.41, 5.74) is 4.91. The molecule has 3 aromatic rings. The van der Waals surface area contributed by atoms with Gasteiger partial charge in [-0.3, -0.25) is 4.79 Å². The molecule has 27 heavy (non-hydrogen) atoms. The monoisotopic (exact) mass is 356 g/mol. The van der Waals surface area contributed by atoms with Crippen LogP contribution in [0.1, 0.15) is 34.0 Å². The molecule has 0 spiro atoms. The molecule has 0 aliphatic carbocycles. The number of benzene rings is 2. The highest BCUT2D eigenvalue weighted by Gasteiger charge is 2.11. The van der Waals surface area contributed by atoms with E-state index < -0.39 is 0 Å². The van der Waals surface area contributed by atoms with Crippen molar-refractivity contribution in [2.75, 3.05) is 10.6 Å². The fraction of sp³-hybridized carbons (Fsp3) is 0.136. The van der Waals surface area contributed by atoms with Gasteiger partial charge in [0.25, 0.3) is 5.91 Å². The largest absolute Gasteiger partial charge is 0.340 e. The van der Waals surface area contributed by atoms with Crippen molar-refractivity contribution in [3.8, 4) is 6.07 Å². The van der Waals surface area contributed by atoms with Crippen molar-refractivity contribution >= 4 is 23.1 Å². The molecule has 0 radical (unpaired) electrons. The molecule has 2 aromatic carbocycles. The molecular formula is C22H20N4O. The smallest absolute Gasteiger partial charge is 0.255 e. The highest BCUT2D eigenvalue weighted by atomic mass is 16.1. The maximum atomic E-state index is 12.7. The van der Waals surface area contributed by atoms with Crippen molar-refractivity contribution in [1.29, 1.82) is 5.26 Å². The number of rotatable bonds is 5. The molecule has 134 valence electrons. The topological polar surface area (TPSA) is 77.8 Å². The van der Waals surface area contributed by atoms with Crippen LogP contribution in [-0.2, 0) is 6.42 Å². The third-order valence-corrected chi connectivity index (χ3v) is 4.29. The van der Waals surface area contributed by atoms with Crippen molar-refractivity contribution < 1.29 is 4.79 Å². The maximum Gasteiger partial charge on any atom is 0.255 e. The Morgan fingerprint density at radius 2 is 1.93 bits per heavy atom. The number of carbonyl (C=O) groups is 1. The zero-order valence-electron chi connectivity index (χ0n) is 15.3. The maximum absolute atomic E-state index is 12.7. The molecule has 0 atom stereocenters. The summed E-state index contributed by atoms with van der Waals surface area (Å²) in [6, 6.07) is 18.5.